The number of rotatable bonds is 6. The molecule has 0 atom stereocenters. The van der Waals surface area contributed by atoms with E-state index in [0.29, 0.717) is 28.4 Å². The predicted molar refractivity (Wildman–Crippen MR) is 87.0 cm³/mol. The van der Waals surface area contributed by atoms with Gasteiger partial charge in [0.2, 0.25) is 0 Å². The average Bonchev–Trinajstić information content (AvgIpc) is 2.54. The van der Waals surface area contributed by atoms with E-state index in [-0.39, 0.29) is 12.4 Å². The van der Waals surface area contributed by atoms with Crippen molar-refractivity contribution in [2.24, 2.45) is 0 Å². The van der Waals surface area contributed by atoms with Crippen molar-refractivity contribution in [3.63, 3.8) is 0 Å². The van der Waals surface area contributed by atoms with E-state index in [9.17, 15) is 4.39 Å². The van der Waals surface area contributed by atoms with E-state index >= 15 is 0 Å². The molecule has 2 aromatic rings. The van der Waals surface area contributed by atoms with Gasteiger partial charge in [0.15, 0.2) is 0 Å². The van der Waals surface area contributed by atoms with Crippen LogP contribution >= 0.6 is 15.9 Å². The summed E-state index contributed by atoms with van der Waals surface area (Å²) < 4.78 is 25.3. The highest BCUT2D eigenvalue weighted by molar-refractivity contribution is 9.10. The zero-order valence-electron chi connectivity index (χ0n) is 12.5. The molecular formula is C17H18BrFO3. The van der Waals surface area contributed by atoms with Crippen molar-refractivity contribution >= 4 is 15.9 Å². The number of hydrogen-bond acceptors (Lipinski definition) is 3. The first-order valence-electron chi connectivity index (χ1n) is 6.87. The number of methoxy groups -OCH3 is 2. The molecule has 22 heavy (non-hydrogen) atoms. The van der Waals surface area contributed by atoms with Crippen LogP contribution in [0, 0.1) is 5.82 Å². The summed E-state index contributed by atoms with van der Waals surface area (Å²) in [5.41, 5.74) is 2.13. The topological polar surface area (TPSA) is 38.7 Å². The number of ether oxygens (including phenoxy) is 2. The van der Waals surface area contributed by atoms with Crippen LogP contribution in [0.5, 0.6) is 11.5 Å². The Morgan fingerprint density at radius 3 is 2.36 bits per heavy atom. The highest BCUT2D eigenvalue weighted by atomic mass is 79.9. The first kappa shape index (κ1) is 16.8. The molecule has 0 saturated heterocycles. The number of hydrogen-bond donors (Lipinski definition) is 1. The third kappa shape index (κ3) is 3.78. The molecule has 3 nitrogen and oxygen atoms in total. The zero-order valence-corrected chi connectivity index (χ0v) is 14.1. The quantitative estimate of drug-likeness (QED) is 0.840. The molecule has 0 radical (unpaired) electrons. The Kier molecular flexibility index (Phi) is 5.80. The van der Waals surface area contributed by atoms with Gasteiger partial charge in [0, 0.05) is 10.5 Å². The lowest BCUT2D eigenvalue weighted by atomic mass is 10.0. The molecule has 0 bridgehead atoms. The molecule has 0 spiro atoms. The van der Waals surface area contributed by atoms with Crippen LogP contribution in [0.4, 0.5) is 4.39 Å². The lowest BCUT2D eigenvalue weighted by molar-refractivity contribution is 0.280. The fourth-order valence-corrected chi connectivity index (χ4v) is 2.79. The second kappa shape index (κ2) is 7.61. The van der Waals surface area contributed by atoms with Crippen LogP contribution in [-0.4, -0.2) is 19.3 Å². The largest absolute Gasteiger partial charge is 0.497 e. The summed E-state index contributed by atoms with van der Waals surface area (Å²) in [6.45, 7) is -0.190. The lowest BCUT2D eigenvalue weighted by Crippen LogP contribution is -2.00. The summed E-state index contributed by atoms with van der Waals surface area (Å²) in [5.74, 6) is 1.15. The molecule has 0 aliphatic heterocycles. The van der Waals surface area contributed by atoms with Crippen LogP contribution in [0.3, 0.4) is 0 Å². The molecule has 2 rings (SSSR count). The molecule has 0 aromatic heterocycles. The van der Waals surface area contributed by atoms with Gasteiger partial charge in [0.05, 0.1) is 20.8 Å². The van der Waals surface area contributed by atoms with E-state index in [2.05, 4.69) is 15.9 Å². The van der Waals surface area contributed by atoms with E-state index in [4.69, 9.17) is 14.6 Å². The van der Waals surface area contributed by atoms with E-state index in [1.807, 2.05) is 18.2 Å². The van der Waals surface area contributed by atoms with E-state index < -0.39 is 0 Å². The van der Waals surface area contributed by atoms with Crippen LogP contribution < -0.4 is 9.47 Å². The summed E-state index contributed by atoms with van der Waals surface area (Å²) >= 11 is 3.35. The third-order valence-corrected chi connectivity index (χ3v) is 4.28. The van der Waals surface area contributed by atoms with Crippen LogP contribution in [0.15, 0.2) is 34.8 Å². The maximum Gasteiger partial charge on any atom is 0.126 e. The van der Waals surface area contributed by atoms with E-state index in [0.717, 1.165) is 17.1 Å². The minimum absolute atomic E-state index is 0.190. The van der Waals surface area contributed by atoms with Gasteiger partial charge < -0.3 is 14.6 Å². The molecule has 2 aromatic carbocycles. The minimum Gasteiger partial charge on any atom is -0.497 e. The van der Waals surface area contributed by atoms with Crippen LogP contribution in [-0.2, 0) is 19.4 Å². The summed E-state index contributed by atoms with van der Waals surface area (Å²) in [7, 11) is 3.20. The third-order valence-electron chi connectivity index (χ3n) is 3.54. The van der Waals surface area contributed by atoms with Crippen molar-refractivity contribution in [1.29, 1.82) is 0 Å². The van der Waals surface area contributed by atoms with Gasteiger partial charge in [-0.1, -0.05) is 22.0 Å². The molecule has 0 fully saturated rings. The Balaban J connectivity index is 2.18. The fourth-order valence-electron chi connectivity index (χ4n) is 2.27. The SMILES string of the molecule is COc1ccc(CCc2cc(Br)c(CO)cc2F)c(OC)c1. The molecule has 5 heteroatoms. The Bertz CT molecular complexity index is 659. The summed E-state index contributed by atoms with van der Waals surface area (Å²) in [6, 6.07) is 8.68. The van der Waals surface area contributed by atoms with Gasteiger partial charge in [-0.25, -0.2) is 4.39 Å². The van der Waals surface area contributed by atoms with Gasteiger partial charge in [0.25, 0.3) is 0 Å². The van der Waals surface area contributed by atoms with Crippen molar-refractivity contribution in [3.8, 4) is 11.5 Å². The summed E-state index contributed by atoms with van der Waals surface area (Å²) in [6.07, 6.45) is 1.19. The van der Waals surface area contributed by atoms with E-state index in [1.54, 1.807) is 20.3 Å². The Morgan fingerprint density at radius 1 is 1.00 bits per heavy atom. The number of benzene rings is 2. The Morgan fingerprint density at radius 2 is 1.73 bits per heavy atom. The van der Waals surface area contributed by atoms with Crippen molar-refractivity contribution < 1.29 is 19.0 Å². The maximum atomic E-state index is 14.0. The molecule has 0 aliphatic carbocycles. The standard InChI is InChI=1S/C17H18BrFO3/c1-21-14-6-5-11(17(9-14)22-2)3-4-12-7-15(18)13(10-20)8-16(12)19/h5-9,20H,3-4,10H2,1-2H3. The molecule has 0 aliphatic rings. The summed E-state index contributed by atoms with van der Waals surface area (Å²) in [4.78, 5) is 0. The summed E-state index contributed by atoms with van der Waals surface area (Å²) in [5, 5.41) is 9.13. The van der Waals surface area contributed by atoms with Crippen molar-refractivity contribution in [1.82, 2.24) is 0 Å². The molecule has 0 heterocycles. The van der Waals surface area contributed by atoms with Crippen molar-refractivity contribution in [3.05, 3.63) is 57.3 Å². The number of aryl methyl sites for hydroxylation is 2. The molecule has 1 N–H and O–H groups in total. The molecule has 118 valence electrons. The first-order valence-corrected chi connectivity index (χ1v) is 7.67. The highest BCUT2D eigenvalue weighted by Crippen LogP contribution is 2.27. The number of aliphatic hydroxyl groups excluding tert-OH is 1. The van der Waals surface area contributed by atoms with Crippen molar-refractivity contribution in [2.45, 2.75) is 19.4 Å². The normalized spacial score (nSPS) is 10.6. The highest BCUT2D eigenvalue weighted by Gasteiger charge is 2.10. The van der Waals surface area contributed by atoms with Crippen LogP contribution in [0.25, 0.3) is 0 Å². The van der Waals surface area contributed by atoms with Crippen LogP contribution in [0.2, 0.25) is 0 Å². The Hall–Kier alpha value is -1.59. The zero-order chi connectivity index (χ0) is 16.1. The van der Waals surface area contributed by atoms with Gasteiger partial charge >= 0.3 is 0 Å². The molecule has 0 saturated carbocycles. The second-order valence-electron chi connectivity index (χ2n) is 4.87. The van der Waals surface area contributed by atoms with Crippen LogP contribution in [0.1, 0.15) is 16.7 Å². The first-order chi connectivity index (χ1) is 10.6. The van der Waals surface area contributed by atoms with Gasteiger partial charge in [-0.3, -0.25) is 0 Å². The van der Waals surface area contributed by atoms with Gasteiger partial charge in [0.1, 0.15) is 17.3 Å². The van der Waals surface area contributed by atoms with Gasteiger partial charge in [-0.05, 0) is 47.7 Å². The second-order valence-corrected chi connectivity index (χ2v) is 5.73. The average molecular weight is 369 g/mol. The maximum absolute atomic E-state index is 14.0. The van der Waals surface area contributed by atoms with Gasteiger partial charge in [-0.2, -0.15) is 0 Å². The smallest absolute Gasteiger partial charge is 0.126 e. The molecule has 0 unspecified atom stereocenters. The molecule has 0 amide bonds. The number of aliphatic hydroxyl groups is 1. The monoisotopic (exact) mass is 368 g/mol. The fraction of sp³-hybridized carbons (Fsp3) is 0.294. The Labute approximate surface area is 137 Å². The van der Waals surface area contributed by atoms with Crippen molar-refractivity contribution in [2.75, 3.05) is 14.2 Å². The molecular weight excluding hydrogens is 351 g/mol. The van der Waals surface area contributed by atoms with Gasteiger partial charge in [-0.15, -0.1) is 0 Å². The predicted octanol–water partition coefficient (Wildman–Crippen LogP) is 3.88. The lowest BCUT2D eigenvalue weighted by Gasteiger charge is -2.11. The minimum atomic E-state index is -0.306. The van der Waals surface area contributed by atoms with E-state index in [1.165, 1.54) is 6.07 Å². The number of halogens is 2.